The molecule has 9 nitrogen and oxygen atoms in total. The number of fused-ring (bicyclic) bond motifs is 1. The second-order valence-electron chi connectivity index (χ2n) is 8.00. The maximum Gasteiger partial charge on any atom is 0.259 e. The van der Waals surface area contributed by atoms with E-state index in [-0.39, 0.29) is 17.9 Å². The summed E-state index contributed by atoms with van der Waals surface area (Å²) in [4.78, 5) is 33.7. The van der Waals surface area contributed by atoms with Gasteiger partial charge in [-0.3, -0.25) is 9.59 Å². The number of nitriles is 1. The molecule has 3 heterocycles. The number of amides is 1. The van der Waals surface area contributed by atoms with Gasteiger partial charge in [0.25, 0.3) is 5.56 Å². The molecule has 0 unspecified atom stereocenters. The van der Waals surface area contributed by atoms with Crippen LogP contribution in [-0.4, -0.2) is 32.2 Å². The van der Waals surface area contributed by atoms with Crippen LogP contribution >= 0.6 is 11.3 Å². The summed E-state index contributed by atoms with van der Waals surface area (Å²) in [6.45, 7) is 4.32. The summed E-state index contributed by atoms with van der Waals surface area (Å²) in [6.07, 6.45) is 1.69. The Morgan fingerprint density at radius 2 is 2.03 bits per heavy atom. The highest BCUT2D eigenvalue weighted by molar-refractivity contribution is 7.18. The average molecular weight is 476 g/mol. The highest BCUT2D eigenvalue weighted by Crippen LogP contribution is 2.25. The molecule has 0 bridgehead atoms. The van der Waals surface area contributed by atoms with Gasteiger partial charge in [-0.25, -0.2) is 9.67 Å². The summed E-state index contributed by atoms with van der Waals surface area (Å²) in [5.74, 6) is 0.688. The quantitative estimate of drug-likeness (QED) is 0.334. The van der Waals surface area contributed by atoms with Crippen LogP contribution in [0.3, 0.4) is 0 Å². The zero-order chi connectivity index (χ0) is 24.2. The fourth-order valence-electron chi connectivity index (χ4n) is 3.76. The molecule has 1 amide bonds. The van der Waals surface area contributed by atoms with E-state index in [0.717, 1.165) is 16.1 Å². The van der Waals surface area contributed by atoms with Crippen molar-refractivity contribution < 1.29 is 4.79 Å². The van der Waals surface area contributed by atoms with E-state index >= 15 is 0 Å². The van der Waals surface area contributed by atoms with Crippen molar-refractivity contribution >= 4 is 33.3 Å². The van der Waals surface area contributed by atoms with Gasteiger partial charge >= 0.3 is 0 Å². The Kier molecular flexibility index (Phi) is 6.75. The zero-order valence-corrected chi connectivity index (χ0v) is 19.8. The minimum Gasteiger partial charge on any atom is -0.382 e. The highest BCUT2D eigenvalue weighted by atomic mass is 32.1. The molecule has 0 spiro atoms. The number of nitrogens with one attached hydrogen (secondary N) is 2. The number of aryl methyl sites for hydroxylation is 4. The molecule has 0 atom stereocenters. The van der Waals surface area contributed by atoms with Crippen molar-refractivity contribution in [3.8, 4) is 11.8 Å². The minimum absolute atomic E-state index is 0.129. The maximum absolute atomic E-state index is 12.4. The standard InChI is InChI=1S/C24H25N7O2S/c1-14-15(2)34-24-21(14)23(33)28-19(29-24)10-11-20(32)27-12-6-9-18-17(13-25)22(26)31(30-18)16-7-4-3-5-8-16/h3-5,7-8H,6,9-12,26H2,1-2H3,(H,27,32)(H,28,29,33). The number of hydrogen-bond acceptors (Lipinski definition) is 7. The number of rotatable bonds is 8. The molecule has 1 aromatic carbocycles. The first kappa shape index (κ1) is 23.2. The van der Waals surface area contributed by atoms with E-state index in [1.165, 1.54) is 11.3 Å². The van der Waals surface area contributed by atoms with Gasteiger partial charge in [-0.15, -0.1) is 11.3 Å². The number of nitrogen functional groups attached to an aromatic ring is 1. The lowest BCUT2D eigenvalue weighted by molar-refractivity contribution is -0.121. The summed E-state index contributed by atoms with van der Waals surface area (Å²) in [6, 6.07) is 11.5. The third-order valence-electron chi connectivity index (χ3n) is 5.70. The van der Waals surface area contributed by atoms with Gasteiger partial charge in [0.05, 0.1) is 16.8 Å². The van der Waals surface area contributed by atoms with Crippen molar-refractivity contribution in [2.45, 2.75) is 39.5 Å². The molecule has 174 valence electrons. The number of benzene rings is 1. The fraction of sp³-hybridized carbons (Fsp3) is 0.292. The lowest BCUT2D eigenvalue weighted by Crippen LogP contribution is -2.25. The average Bonchev–Trinajstić information content (AvgIpc) is 3.30. The van der Waals surface area contributed by atoms with Gasteiger partial charge < -0.3 is 16.0 Å². The van der Waals surface area contributed by atoms with E-state index in [9.17, 15) is 14.9 Å². The van der Waals surface area contributed by atoms with Crippen molar-refractivity contribution in [3.63, 3.8) is 0 Å². The van der Waals surface area contributed by atoms with Crippen LogP contribution in [0.5, 0.6) is 0 Å². The van der Waals surface area contributed by atoms with Crippen molar-refractivity contribution in [1.82, 2.24) is 25.1 Å². The predicted molar refractivity (Wildman–Crippen MR) is 132 cm³/mol. The first-order valence-corrected chi connectivity index (χ1v) is 11.8. The van der Waals surface area contributed by atoms with Crippen LogP contribution in [0.25, 0.3) is 15.9 Å². The van der Waals surface area contributed by atoms with E-state index in [0.29, 0.717) is 58.9 Å². The molecule has 0 fully saturated rings. The van der Waals surface area contributed by atoms with Crippen molar-refractivity contribution in [2.24, 2.45) is 0 Å². The van der Waals surface area contributed by atoms with Gasteiger partial charge in [0.2, 0.25) is 5.91 Å². The monoisotopic (exact) mass is 475 g/mol. The summed E-state index contributed by atoms with van der Waals surface area (Å²) in [7, 11) is 0. The second kappa shape index (κ2) is 9.89. The molecule has 0 aliphatic rings. The Hall–Kier alpha value is -3.97. The number of carbonyl (C=O) groups is 1. The summed E-state index contributed by atoms with van der Waals surface area (Å²) >= 11 is 1.49. The first-order valence-electron chi connectivity index (χ1n) is 11.0. The van der Waals surface area contributed by atoms with E-state index < -0.39 is 0 Å². The number of hydrogen-bond donors (Lipinski definition) is 3. The molecular weight excluding hydrogens is 450 g/mol. The molecule has 0 radical (unpaired) electrons. The SMILES string of the molecule is Cc1sc2nc(CCC(=O)NCCCc3nn(-c4ccccc4)c(N)c3C#N)[nH]c(=O)c2c1C. The first-order chi connectivity index (χ1) is 16.4. The van der Waals surface area contributed by atoms with E-state index in [1.807, 2.05) is 44.2 Å². The molecule has 4 rings (SSSR count). The third kappa shape index (κ3) is 4.70. The number of aromatic amines is 1. The molecule has 4 aromatic rings. The highest BCUT2D eigenvalue weighted by Gasteiger charge is 2.16. The lowest BCUT2D eigenvalue weighted by atomic mass is 10.1. The van der Waals surface area contributed by atoms with Crippen LogP contribution < -0.4 is 16.6 Å². The number of H-pyrrole nitrogens is 1. The number of nitrogens with zero attached hydrogens (tertiary/aromatic N) is 4. The van der Waals surface area contributed by atoms with Crippen molar-refractivity contribution in [2.75, 3.05) is 12.3 Å². The number of carbonyl (C=O) groups excluding carboxylic acids is 1. The van der Waals surface area contributed by atoms with Gasteiger partial charge in [0, 0.05) is 24.3 Å². The Morgan fingerprint density at radius 1 is 1.26 bits per heavy atom. The molecule has 0 saturated carbocycles. The van der Waals surface area contributed by atoms with Crippen LogP contribution in [0, 0.1) is 25.2 Å². The second-order valence-corrected chi connectivity index (χ2v) is 9.20. The smallest absolute Gasteiger partial charge is 0.259 e. The summed E-state index contributed by atoms with van der Waals surface area (Å²) in [5, 5.41) is 17.5. The van der Waals surface area contributed by atoms with E-state index in [2.05, 4.69) is 26.5 Å². The third-order valence-corrected chi connectivity index (χ3v) is 6.80. The number of thiophene rings is 1. The van der Waals surface area contributed by atoms with E-state index in [4.69, 9.17) is 5.73 Å². The Balaban J connectivity index is 1.30. The Bertz CT molecular complexity index is 1440. The molecule has 10 heteroatoms. The summed E-state index contributed by atoms with van der Waals surface area (Å²) in [5.41, 5.74) is 8.67. The van der Waals surface area contributed by atoms with Crippen molar-refractivity contribution in [1.29, 1.82) is 5.26 Å². The van der Waals surface area contributed by atoms with Crippen LogP contribution in [-0.2, 0) is 17.6 Å². The van der Waals surface area contributed by atoms with Gasteiger partial charge in [0.1, 0.15) is 28.1 Å². The molecule has 0 saturated heterocycles. The van der Waals surface area contributed by atoms with Crippen LogP contribution in [0.2, 0.25) is 0 Å². The van der Waals surface area contributed by atoms with Crippen molar-refractivity contribution in [3.05, 3.63) is 68.2 Å². The maximum atomic E-state index is 12.4. The van der Waals surface area contributed by atoms with Crippen LogP contribution in [0.1, 0.15) is 40.4 Å². The van der Waals surface area contributed by atoms with Gasteiger partial charge in [-0.05, 0) is 44.4 Å². The fourth-order valence-corrected chi connectivity index (χ4v) is 4.81. The number of nitrogens with two attached hydrogens (primary N) is 1. The summed E-state index contributed by atoms with van der Waals surface area (Å²) < 4.78 is 1.56. The topological polar surface area (TPSA) is 142 Å². The van der Waals surface area contributed by atoms with Crippen LogP contribution in [0.15, 0.2) is 35.1 Å². The molecule has 3 aromatic heterocycles. The largest absolute Gasteiger partial charge is 0.382 e. The molecule has 0 aliphatic heterocycles. The molecule has 0 aliphatic carbocycles. The van der Waals surface area contributed by atoms with Gasteiger partial charge in [0.15, 0.2) is 0 Å². The predicted octanol–water partition coefficient (Wildman–Crippen LogP) is 2.92. The number of anilines is 1. The van der Waals surface area contributed by atoms with E-state index in [1.54, 1.807) is 4.68 Å². The normalized spacial score (nSPS) is 11.0. The van der Waals surface area contributed by atoms with Gasteiger partial charge in [-0.2, -0.15) is 10.4 Å². The Labute approximate surface area is 200 Å². The minimum atomic E-state index is -0.162. The van der Waals surface area contributed by atoms with Gasteiger partial charge in [-0.1, -0.05) is 18.2 Å². The Morgan fingerprint density at radius 3 is 2.76 bits per heavy atom. The number of para-hydroxylation sites is 1. The number of aromatic nitrogens is 4. The molecule has 4 N–H and O–H groups in total. The zero-order valence-electron chi connectivity index (χ0n) is 19.0. The van der Waals surface area contributed by atoms with Crippen LogP contribution in [0.4, 0.5) is 5.82 Å². The molecular formula is C24H25N7O2S. The molecule has 34 heavy (non-hydrogen) atoms. The lowest BCUT2D eigenvalue weighted by Gasteiger charge is -2.05.